The minimum absolute atomic E-state index is 0.325. The van der Waals surface area contributed by atoms with Crippen LogP contribution in [0.4, 0.5) is 13.2 Å². The number of nitrogens with one attached hydrogen (secondary N) is 3. The summed E-state index contributed by atoms with van der Waals surface area (Å²) in [4.78, 5) is 13.7. The summed E-state index contributed by atoms with van der Waals surface area (Å²) in [5.74, 6) is -2.88. The molecule has 7 nitrogen and oxygen atoms in total. The van der Waals surface area contributed by atoms with Gasteiger partial charge in [0.25, 0.3) is 5.91 Å². The van der Waals surface area contributed by atoms with Crippen molar-refractivity contribution in [2.45, 2.75) is 30.5 Å². The second kappa shape index (κ2) is 9.46. The Morgan fingerprint density at radius 1 is 1.06 bits per heavy atom. The van der Waals surface area contributed by atoms with Crippen LogP contribution in [-0.4, -0.2) is 44.4 Å². The van der Waals surface area contributed by atoms with E-state index in [0.29, 0.717) is 17.1 Å². The van der Waals surface area contributed by atoms with Crippen molar-refractivity contribution in [3.63, 3.8) is 0 Å². The summed E-state index contributed by atoms with van der Waals surface area (Å²) in [5, 5.41) is 0.446. The van der Waals surface area contributed by atoms with Crippen molar-refractivity contribution in [2.75, 3.05) is 19.6 Å². The highest BCUT2D eigenvalue weighted by Gasteiger charge is 2.53. The predicted octanol–water partition coefficient (Wildman–Crippen LogP) is 3.06. The lowest BCUT2D eigenvalue weighted by atomic mass is 9.75. The topological polar surface area (TPSA) is 90.5 Å². The van der Waals surface area contributed by atoms with Crippen LogP contribution in [0.25, 0.3) is 0 Å². The molecule has 0 bridgehead atoms. The van der Waals surface area contributed by atoms with Crippen molar-refractivity contribution in [2.24, 2.45) is 5.92 Å². The summed E-state index contributed by atoms with van der Waals surface area (Å²) in [5.41, 5.74) is 5.71. The highest BCUT2D eigenvalue weighted by atomic mass is 35.5. The molecular weight excluding hydrogens is 493 g/mol. The monoisotopic (exact) mass is 516 g/mol. The first-order chi connectivity index (χ1) is 16.0. The zero-order valence-electron chi connectivity index (χ0n) is 18.0. The Morgan fingerprint density at radius 3 is 2.26 bits per heavy atom. The van der Waals surface area contributed by atoms with E-state index in [1.807, 2.05) is 30.3 Å². The largest absolute Gasteiger partial charge is 0.391 e. The maximum Gasteiger partial charge on any atom is 0.391 e. The fourth-order valence-electron chi connectivity index (χ4n) is 4.60. The van der Waals surface area contributed by atoms with E-state index >= 15 is 0 Å². The van der Waals surface area contributed by atoms with Crippen molar-refractivity contribution < 1.29 is 26.4 Å². The zero-order valence-corrected chi connectivity index (χ0v) is 19.6. The Morgan fingerprint density at radius 2 is 1.68 bits per heavy atom. The average molecular weight is 517 g/mol. The molecule has 2 unspecified atom stereocenters. The Kier molecular flexibility index (Phi) is 6.94. The molecule has 2 saturated heterocycles. The Balaban J connectivity index is 1.64. The Bertz CT molecular complexity index is 1120. The third-order valence-electron chi connectivity index (χ3n) is 6.45. The number of alkyl halides is 3. The number of hydrogen-bond donors (Lipinski definition) is 3. The maximum absolute atomic E-state index is 13.7. The van der Waals surface area contributed by atoms with Gasteiger partial charge in [0.05, 0.1) is 5.92 Å². The molecule has 2 aliphatic rings. The fraction of sp³-hybridized carbons (Fsp3) is 0.409. The second-order valence-electron chi connectivity index (χ2n) is 8.44. The minimum atomic E-state index is -4.38. The number of halogens is 4. The van der Waals surface area contributed by atoms with Gasteiger partial charge in [0.1, 0.15) is 5.54 Å². The highest BCUT2D eigenvalue weighted by Crippen LogP contribution is 2.40. The van der Waals surface area contributed by atoms with Gasteiger partial charge in [-0.2, -0.15) is 25.9 Å². The molecule has 2 atom stereocenters. The van der Waals surface area contributed by atoms with E-state index in [9.17, 15) is 26.4 Å². The normalized spacial score (nSPS) is 24.8. The van der Waals surface area contributed by atoms with E-state index in [-0.39, 0.29) is 25.9 Å². The van der Waals surface area contributed by atoms with Gasteiger partial charge in [-0.1, -0.05) is 54.1 Å². The molecule has 0 aromatic heterocycles. The molecule has 1 amide bonds. The van der Waals surface area contributed by atoms with Crippen molar-refractivity contribution in [3.8, 4) is 0 Å². The van der Waals surface area contributed by atoms with Crippen molar-refractivity contribution in [1.29, 1.82) is 0 Å². The van der Waals surface area contributed by atoms with Crippen LogP contribution in [0.5, 0.6) is 0 Å². The lowest BCUT2D eigenvalue weighted by Gasteiger charge is -2.36. The first-order valence-corrected chi connectivity index (χ1v) is 12.6. The van der Waals surface area contributed by atoms with Crippen LogP contribution in [0.3, 0.4) is 0 Å². The summed E-state index contributed by atoms with van der Waals surface area (Å²) in [6, 6.07) is 15.6. The minimum Gasteiger partial charge on any atom is -0.271 e. The third kappa shape index (κ3) is 4.80. The number of benzene rings is 2. The maximum atomic E-state index is 13.7. The molecule has 12 heteroatoms. The molecule has 0 saturated carbocycles. The van der Waals surface area contributed by atoms with Crippen LogP contribution in [0, 0.1) is 5.92 Å². The summed E-state index contributed by atoms with van der Waals surface area (Å²) in [7, 11) is -4.38. The molecule has 2 aromatic carbocycles. The summed E-state index contributed by atoms with van der Waals surface area (Å²) < 4.78 is 68.0. The molecule has 4 rings (SSSR count). The molecular formula is C22H24ClF3N4O3S. The molecule has 2 aromatic rings. The molecule has 0 spiro atoms. The van der Waals surface area contributed by atoms with Gasteiger partial charge < -0.3 is 0 Å². The zero-order chi connectivity index (χ0) is 24.6. The highest BCUT2D eigenvalue weighted by molar-refractivity contribution is 7.87. The average Bonchev–Trinajstić information content (AvgIpc) is 3.26. The number of hydrogen-bond acceptors (Lipinski definition) is 5. The molecule has 2 heterocycles. The van der Waals surface area contributed by atoms with Crippen LogP contribution in [-0.2, 0) is 20.5 Å². The third-order valence-corrected chi connectivity index (χ3v) is 8.19. The molecule has 184 valence electrons. The Hall–Kier alpha value is -2.18. The van der Waals surface area contributed by atoms with Gasteiger partial charge in [0, 0.05) is 30.6 Å². The second-order valence-corrected chi connectivity index (χ2v) is 10.5. The summed E-state index contributed by atoms with van der Waals surface area (Å²) >= 11 is 6.03. The van der Waals surface area contributed by atoms with E-state index in [2.05, 4.69) is 15.6 Å². The van der Waals surface area contributed by atoms with E-state index in [0.717, 1.165) is 9.87 Å². The molecule has 3 N–H and O–H groups in total. The standard InChI is InChI=1S/C22H24ClF3N4O3S/c23-18-8-6-16(7-9-18)21(19(14-27-29-21)15-4-2-1-3-5-15)20(31)28-34(32,33)30-12-10-17(11-13-30)22(24,25)26/h1-9,17,19,27,29H,10-14H2,(H,28,31). The number of nitrogens with zero attached hydrogens (tertiary/aromatic N) is 1. The Labute approximate surface area is 200 Å². The SMILES string of the molecule is O=C(NS(=O)(=O)N1CCC(C(F)(F)F)CC1)C1(c2ccc(Cl)cc2)NNCC1c1ccccc1. The van der Waals surface area contributed by atoms with Gasteiger partial charge in [0.2, 0.25) is 0 Å². The van der Waals surface area contributed by atoms with E-state index in [1.165, 1.54) is 0 Å². The van der Waals surface area contributed by atoms with Crippen LogP contribution >= 0.6 is 11.6 Å². The first-order valence-electron chi connectivity index (χ1n) is 10.7. The molecule has 0 radical (unpaired) electrons. The molecule has 2 fully saturated rings. The van der Waals surface area contributed by atoms with E-state index < -0.39 is 39.7 Å². The number of carbonyl (C=O) groups excluding carboxylic acids is 1. The van der Waals surface area contributed by atoms with Gasteiger partial charge in [-0.15, -0.1) is 0 Å². The number of hydrazine groups is 1. The van der Waals surface area contributed by atoms with Crippen molar-refractivity contribution in [1.82, 2.24) is 19.9 Å². The molecule has 0 aliphatic carbocycles. The fourth-order valence-corrected chi connectivity index (χ4v) is 5.95. The van der Waals surface area contributed by atoms with Crippen LogP contribution in [0.2, 0.25) is 5.02 Å². The quantitative estimate of drug-likeness (QED) is 0.568. The van der Waals surface area contributed by atoms with E-state index in [4.69, 9.17) is 11.6 Å². The van der Waals surface area contributed by atoms with Crippen LogP contribution < -0.4 is 15.6 Å². The van der Waals surface area contributed by atoms with E-state index in [1.54, 1.807) is 24.3 Å². The summed E-state index contributed by atoms with van der Waals surface area (Å²) in [6.07, 6.45) is -5.08. The van der Waals surface area contributed by atoms with Gasteiger partial charge >= 0.3 is 16.4 Å². The van der Waals surface area contributed by atoms with Gasteiger partial charge in [-0.05, 0) is 36.1 Å². The smallest absolute Gasteiger partial charge is 0.271 e. The predicted molar refractivity (Wildman–Crippen MR) is 121 cm³/mol. The lowest BCUT2D eigenvalue weighted by molar-refractivity contribution is -0.182. The lowest BCUT2D eigenvalue weighted by Crippen LogP contribution is -2.59. The van der Waals surface area contributed by atoms with Gasteiger partial charge in [-0.3, -0.25) is 10.2 Å². The van der Waals surface area contributed by atoms with Crippen molar-refractivity contribution >= 4 is 27.7 Å². The number of piperidine rings is 1. The molecule has 2 aliphatic heterocycles. The first kappa shape index (κ1) is 24.9. The van der Waals surface area contributed by atoms with Crippen LogP contribution in [0.15, 0.2) is 54.6 Å². The van der Waals surface area contributed by atoms with Crippen molar-refractivity contribution in [3.05, 3.63) is 70.7 Å². The van der Waals surface area contributed by atoms with Gasteiger partial charge in [-0.25, -0.2) is 10.1 Å². The number of amides is 1. The number of carbonyl (C=O) groups is 1. The summed E-state index contributed by atoms with van der Waals surface area (Å²) in [6.45, 7) is -0.319. The van der Waals surface area contributed by atoms with Gasteiger partial charge in [0.15, 0.2) is 0 Å². The van der Waals surface area contributed by atoms with Crippen LogP contribution in [0.1, 0.15) is 29.9 Å². The molecule has 34 heavy (non-hydrogen) atoms. The number of rotatable bonds is 5.